The van der Waals surface area contributed by atoms with Crippen LogP contribution < -0.4 is 15.5 Å². The summed E-state index contributed by atoms with van der Waals surface area (Å²) in [4.78, 5) is 45.7. The van der Waals surface area contributed by atoms with E-state index >= 15 is 0 Å². The summed E-state index contributed by atoms with van der Waals surface area (Å²) in [6.07, 6.45) is -1.18. The van der Waals surface area contributed by atoms with Crippen LogP contribution in [0.15, 0.2) is 71.7 Å². The SMILES string of the molecule is CC1=N[C@@H](NC(=O)Nc2cccc(C)c2)C(=O)N(CC(=O)c2ccccc2C)c2c(C)cccc21. The van der Waals surface area contributed by atoms with E-state index in [1.165, 1.54) is 4.90 Å². The molecule has 0 radical (unpaired) electrons. The van der Waals surface area contributed by atoms with Crippen molar-refractivity contribution in [1.29, 1.82) is 0 Å². The van der Waals surface area contributed by atoms with Gasteiger partial charge in [-0.2, -0.15) is 0 Å². The highest BCUT2D eigenvalue weighted by Crippen LogP contribution is 2.30. The van der Waals surface area contributed by atoms with Crippen LogP contribution in [0.5, 0.6) is 0 Å². The number of Topliss-reactive ketones (excluding diaryl/α,β-unsaturated/α-hetero) is 1. The predicted octanol–water partition coefficient (Wildman–Crippen LogP) is 4.80. The number of nitrogens with one attached hydrogen (secondary N) is 2. The van der Waals surface area contributed by atoms with Gasteiger partial charge in [0.05, 0.1) is 12.2 Å². The lowest BCUT2D eigenvalue weighted by Crippen LogP contribution is -2.50. The van der Waals surface area contributed by atoms with Crippen molar-refractivity contribution in [2.75, 3.05) is 16.8 Å². The lowest BCUT2D eigenvalue weighted by Gasteiger charge is -2.26. The van der Waals surface area contributed by atoms with E-state index in [9.17, 15) is 14.4 Å². The second-order valence-corrected chi connectivity index (χ2v) is 8.72. The molecule has 178 valence electrons. The summed E-state index contributed by atoms with van der Waals surface area (Å²) in [6, 6.07) is 19.7. The van der Waals surface area contributed by atoms with E-state index in [1.54, 1.807) is 25.1 Å². The molecule has 7 nitrogen and oxygen atoms in total. The lowest BCUT2D eigenvalue weighted by atomic mass is 10.0. The molecule has 3 aromatic carbocycles. The smallest absolute Gasteiger partial charge is 0.308 e. The Kier molecular flexibility index (Phi) is 6.78. The monoisotopic (exact) mass is 468 g/mol. The van der Waals surface area contributed by atoms with Crippen molar-refractivity contribution in [3.8, 4) is 0 Å². The minimum Gasteiger partial charge on any atom is -0.308 e. The molecule has 0 saturated heterocycles. The molecule has 1 aliphatic rings. The van der Waals surface area contributed by atoms with Gasteiger partial charge in [0.25, 0.3) is 5.91 Å². The van der Waals surface area contributed by atoms with Gasteiger partial charge < -0.3 is 15.5 Å². The van der Waals surface area contributed by atoms with E-state index in [-0.39, 0.29) is 12.3 Å². The van der Waals surface area contributed by atoms with Crippen LogP contribution in [-0.4, -0.2) is 36.1 Å². The quantitative estimate of drug-likeness (QED) is 0.527. The van der Waals surface area contributed by atoms with Crippen LogP contribution in [0.2, 0.25) is 0 Å². The van der Waals surface area contributed by atoms with E-state index in [1.807, 2.05) is 69.3 Å². The van der Waals surface area contributed by atoms with E-state index < -0.39 is 18.1 Å². The molecule has 0 fully saturated rings. The van der Waals surface area contributed by atoms with Gasteiger partial charge in [-0.05, 0) is 56.5 Å². The number of rotatable bonds is 5. The van der Waals surface area contributed by atoms with Gasteiger partial charge in [0.2, 0.25) is 6.17 Å². The maximum absolute atomic E-state index is 13.7. The summed E-state index contributed by atoms with van der Waals surface area (Å²) in [7, 11) is 0. The lowest BCUT2D eigenvalue weighted by molar-refractivity contribution is -0.120. The Bertz CT molecular complexity index is 1350. The normalized spacial score (nSPS) is 15.1. The van der Waals surface area contributed by atoms with Crippen LogP contribution in [0.4, 0.5) is 16.2 Å². The largest absolute Gasteiger partial charge is 0.321 e. The van der Waals surface area contributed by atoms with Crippen molar-refractivity contribution in [3.05, 3.63) is 94.5 Å². The average molecular weight is 469 g/mol. The summed E-state index contributed by atoms with van der Waals surface area (Å²) >= 11 is 0. The third-order valence-corrected chi connectivity index (χ3v) is 6.01. The first-order valence-electron chi connectivity index (χ1n) is 11.4. The summed E-state index contributed by atoms with van der Waals surface area (Å²) < 4.78 is 0. The first kappa shape index (κ1) is 23.9. The van der Waals surface area contributed by atoms with Crippen molar-refractivity contribution >= 4 is 34.8 Å². The number of carbonyl (C=O) groups is 3. The summed E-state index contributed by atoms with van der Waals surface area (Å²) in [5.41, 5.74) is 5.81. The van der Waals surface area contributed by atoms with Gasteiger partial charge in [0, 0.05) is 22.5 Å². The number of amides is 3. The number of para-hydroxylation sites is 1. The highest BCUT2D eigenvalue weighted by atomic mass is 16.2. The molecule has 1 atom stereocenters. The van der Waals surface area contributed by atoms with Crippen molar-refractivity contribution in [2.45, 2.75) is 33.9 Å². The zero-order valence-electron chi connectivity index (χ0n) is 20.3. The van der Waals surface area contributed by atoms with Crippen LogP contribution in [0.3, 0.4) is 0 Å². The standard InChI is InChI=1S/C28H28N4O3/c1-17-9-7-12-21(15-17)30-28(35)31-26-27(34)32(16-24(33)22-13-6-5-10-18(22)2)25-19(3)11-8-14-23(25)20(4)29-26/h5-15,26H,16H2,1-4H3,(H2,30,31,35)/t26-/m0/s1. The molecule has 2 N–H and O–H groups in total. The first-order chi connectivity index (χ1) is 16.7. The van der Waals surface area contributed by atoms with Crippen LogP contribution in [0.25, 0.3) is 0 Å². The molecule has 4 rings (SSSR count). The molecule has 0 saturated carbocycles. The first-order valence-corrected chi connectivity index (χ1v) is 11.4. The van der Waals surface area contributed by atoms with Crippen LogP contribution in [0, 0.1) is 20.8 Å². The number of carbonyl (C=O) groups excluding carboxylic acids is 3. The van der Waals surface area contributed by atoms with Crippen molar-refractivity contribution < 1.29 is 14.4 Å². The number of anilines is 2. The number of aryl methyl sites for hydroxylation is 3. The number of fused-ring (bicyclic) bond motifs is 1. The number of hydrogen-bond acceptors (Lipinski definition) is 4. The maximum Gasteiger partial charge on any atom is 0.321 e. The van der Waals surface area contributed by atoms with Crippen molar-refractivity contribution in [2.24, 2.45) is 4.99 Å². The third kappa shape index (κ3) is 5.14. The van der Waals surface area contributed by atoms with E-state index in [2.05, 4.69) is 15.6 Å². The van der Waals surface area contributed by atoms with E-state index in [0.717, 1.165) is 22.3 Å². The zero-order chi connectivity index (χ0) is 25.1. The molecule has 3 amide bonds. The number of nitrogens with zero attached hydrogens (tertiary/aromatic N) is 2. The van der Waals surface area contributed by atoms with Gasteiger partial charge in [-0.25, -0.2) is 4.79 Å². The number of urea groups is 1. The summed E-state index contributed by atoms with van der Waals surface area (Å²) in [6.45, 7) is 7.31. The Morgan fingerprint density at radius 2 is 1.63 bits per heavy atom. The zero-order valence-corrected chi connectivity index (χ0v) is 20.3. The van der Waals surface area contributed by atoms with Gasteiger partial charge in [-0.3, -0.25) is 14.6 Å². The molecule has 0 aliphatic carbocycles. The third-order valence-electron chi connectivity index (χ3n) is 6.01. The van der Waals surface area contributed by atoms with E-state index in [0.29, 0.717) is 22.6 Å². The average Bonchev–Trinajstić information content (AvgIpc) is 2.90. The molecule has 35 heavy (non-hydrogen) atoms. The number of benzodiazepines with no additional fused rings is 1. The summed E-state index contributed by atoms with van der Waals surface area (Å²) in [5, 5.41) is 5.43. The maximum atomic E-state index is 13.7. The van der Waals surface area contributed by atoms with Gasteiger partial charge in [-0.1, -0.05) is 54.6 Å². The number of ketones is 1. The Balaban J connectivity index is 1.66. The topological polar surface area (TPSA) is 90.9 Å². The molecule has 0 bridgehead atoms. The second-order valence-electron chi connectivity index (χ2n) is 8.72. The fourth-order valence-electron chi connectivity index (χ4n) is 4.27. The molecule has 0 aromatic heterocycles. The molecular weight excluding hydrogens is 440 g/mol. The molecule has 1 heterocycles. The Labute approximate surface area is 204 Å². The van der Waals surface area contributed by atoms with Crippen molar-refractivity contribution in [3.63, 3.8) is 0 Å². The number of hydrogen-bond donors (Lipinski definition) is 2. The number of benzene rings is 3. The fourth-order valence-corrected chi connectivity index (χ4v) is 4.27. The minimum absolute atomic E-state index is 0.165. The van der Waals surface area contributed by atoms with Crippen LogP contribution in [0.1, 0.15) is 39.5 Å². The van der Waals surface area contributed by atoms with Gasteiger partial charge in [0.15, 0.2) is 5.78 Å². The Morgan fingerprint density at radius 3 is 2.37 bits per heavy atom. The highest BCUT2D eigenvalue weighted by Gasteiger charge is 2.34. The summed E-state index contributed by atoms with van der Waals surface area (Å²) in [5.74, 6) is -0.660. The minimum atomic E-state index is -1.18. The second kappa shape index (κ2) is 9.93. The predicted molar refractivity (Wildman–Crippen MR) is 138 cm³/mol. The van der Waals surface area contributed by atoms with Crippen LogP contribution in [-0.2, 0) is 4.79 Å². The van der Waals surface area contributed by atoms with Gasteiger partial charge in [-0.15, -0.1) is 0 Å². The fraction of sp³-hybridized carbons (Fsp3) is 0.214. The van der Waals surface area contributed by atoms with Gasteiger partial charge >= 0.3 is 6.03 Å². The highest BCUT2D eigenvalue weighted by molar-refractivity contribution is 6.16. The van der Waals surface area contributed by atoms with E-state index in [4.69, 9.17) is 0 Å². The Morgan fingerprint density at radius 1 is 0.914 bits per heavy atom. The molecule has 7 heteroatoms. The van der Waals surface area contributed by atoms with Crippen molar-refractivity contribution in [1.82, 2.24) is 5.32 Å². The number of aliphatic imine (C=N–C) groups is 1. The molecule has 3 aromatic rings. The molecule has 0 spiro atoms. The van der Waals surface area contributed by atoms with Crippen LogP contribution >= 0.6 is 0 Å². The molecule has 1 aliphatic heterocycles. The Hall–Kier alpha value is -4.26. The molecule has 0 unspecified atom stereocenters. The molecular formula is C28H28N4O3. The van der Waals surface area contributed by atoms with Gasteiger partial charge in [0.1, 0.15) is 0 Å².